The molecule has 0 atom stereocenters. The summed E-state index contributed by atoms with van der Waals surface area (Å²) in [6.07, 6.45) is 4.19. The van der Waals surface area contributed by atoms with Crippen LogP contribution in [0.4, 0.5) is 0 Å². The second kappa shape index (κ2) is 5.47. The number of methoxy groups -OCH3 is 1. The molecule has 114 valence electrons. The summed E-state index contributed by atoms with van der Waals surface area (Å²) < 4.78 is 11.7. The third-order valence-corrected chi connectivity index (χ3v) is 4.35. The van der Waals surface area contributed by atoms with Crippen LogP contribution in [0.5, 0.6) is 11.5 Å². The van der Waals surface area contributed by atoms with Crippen molar-refractivity contribution in [3.05, 3.63) is 65.7 Å². The Morgan fingerprint density at radius 3 is 2.74 bits per heavy atom. The van der Waals surface area contributed by atoms with Crippen molar-refractivity contribution in [2.75, 3.05) is 7.11 Å². The number of hydrogen-bond donors (Lipinski definition) is 0. The largest absolute Gasteiger partial charge is 0.496 e. The van der Waals surface area contributed by atoms with E-state index in [2.05, 4.69) is 48.6 Å². The molecule has 1 aliphatic rings. The fraction of sp³-hybridized carbons (Fsp3) is 0.143. The summed E-state index contributed by atoms with van der Waals surface area (Å²) >= 11 is 0. The number of ether oxygens (including phenoxy) is 2. The molecule has 0 N–H and O–H groups in total. The molecule has 1 heterocycles. The SMILES string of the molecule is CC=Cc1cc2c(c3cccc(OC)c13)OCc1ccccc1-2. The molecule has 0 amide bonds. The molecule has 2 heteroatoms. The maximum atomic E-state index is 6.12. The van der Waals surface area contributed by atoms with Crippen LogP contribution in [0.3, 0.4) is 0 Å². The van der Waals surface area contributed by atoms with Gasteiger partial charge in [-0.2, -0.15) is 0 Å². The summed E-state index contributed by atoms with van der Waals surface area (Å²) in [6, 6.07) is 16.8. The maximum Gasteiger partial charge on any atom is 0.135 e. The minimum absolute atomic E-state index is 0.610. The Morgan fingerprint density at radius 2 is 1.91 bits per heavy atom. The number of hydrogen-bond acceptors (Lipinski definition) is 2. The van der Waals surface area contributed by atoms with E-state index in [9.17, 15) is 0 Å². The maximum absolute atomic E-state index is 6.12. The van der Waals surface area contributed by atoms with Gasteiger partial charge in [-0.25, -0.2) is 0 Å². The average Bonchev–Trinajstić information content (AvgIpc) is 2.61. The Labute approximate surface area is 136 Å². The van der Waals surface area contributed by atoms with Crippen molar-refractivity contribution >= 4 is 16.8 Å². The highest BCUT2D eigenvalue weighted by atomic mass is 16.5. The molecule has 4 rings (SSSR count). The van der Waals surface area contributed by atoms with Gasteiger partial charge in [0, 0.05) is 16.3 Å². The van der Waals surface area contributed by atoms with E-state index in [4.69, 9.17) is 9.47 Å². The van der Waals surface area contributed by atoms with Crippen molar-refractivity contribution in [2.45, 2.75) is 13.5 Å². The van der Waals surface area contributed by atoms with Crippen molar-refractivity contribution in [3.8, 4) is 22.6 Å². The number of allylic oxidation sites excluding steroid dienone is 1. The zero-order valence-corrected chi connectivity index (χ0v) is 13.3. The van der Waals surface area contributed by atoms with Crippen LogP contribution in [0.2, 0.25) is 0 Å². The Morgan fingerprint density at radius 1 is 1.04 bits per heavy atom. The minimum Gasteiger partial charge on any atom is -0.496 e. The van der Waals surface area contributed by atoms with E-state index in [-0.39, 0.29) is 0 Å². The monoisotopic (exact) mass is 302 g/mol. The van der Waals surface area contributed by atoms with Crippen molar-refractivity contribution in [3.63, 3.8) is 0 Å². The molecule has 0 fully saturated rings. The van der Waals surface area contributed by atoms with Crippen LogP contribution in [-0.2, 0) is 6.61 Å². The zero-order chi connectivity index (χ0) is 15.8. The number of rotatable bonds is 2. The first kappa shape index (κ1) is 13.9. The first-order valence-corrected chi connectivity index (χ1v) is 7.81. The lowest BCUT2D eigenvalue weighted by Crippen LogP contribution is -2.06. The molecular formula is C21H18O2. The molecule has 1 aliphatic heterocycles. The molecule has 3 aromatic carbocycles. The van der Waals surface area contributed by atoms with Crippen molar-refractivity contribution < 1.29 is 9.47 Å². The molecule has 0 aliphatic carbocycles. The lowest BCUT2D eigenvalue weighted by Gasteiger charge is -2.24. The summed E-state index contributed by atoms with van der Waals surface area (Å²) in [5.41, 5.74) is 4.79. The standard InChI is InChI=1S/C21H18O2/c1-3-7-14-12-18-16-9-5-4-8-15(16)13-23-21(18)17-10-6-11-19(22-2)20(14)17/h3-12H,13H2,1-2H3. The first-order valence-electron chi connectivity index (χ1n) is 7.81. The van der Waals surface area contributed by atoms with Crippen LogP contribution >= 0.6 is 0 Å². The quantitative estimate of drug-likeness (QED) is 0.627. The van der Waals surface area contributed by atoms with Gasteiger partial charge in [-0.3, -0.25) is 0 Å². The molecule has 0 spiro atoms. The predicted molar refractivity (Wildman–Crippen MR) is 95.0 cm³/mol. The van der Waals surface area contributed by atoms with E-state index in [0.29, 0.717) is 6.61 Å². The fourth-order valence-electron chi connectivity index (χ4n) is 3.35. The van der Waals surface area contributed by atoms with Gasteiger partial charge in [0.1, 0.15) is 18.1 Å². The lowest BCUT2D eigenvalue weighted by atomic mass is 9.91. The van der Waals surface area contributed by atoms with Gasteiger partial charge in [0.25, 0.3) is 0 Å². The third kappa shape index (κ3) is 2.10. The van der Waals surface area contributed by atoms with Crippen molar-refractivity contribution in [1.29, 1.82) is 0 Å². The normalized spacial score (nSPS) is 12.8. The third-order valence-electron chi connectivity index (χ3n) is 4.35. The van der Waals surface area contributed by atoms with E-state index in [0.717, 1.165) is 33.4 Å². The van der Waals surface area contributed by atoms with E-state index < -0.39 is 0 Å². The smallest absolute Gasteiger partial charge is 0.135 e. The summed E-state index contributed by atoms with van der Waals surface area (Å²) in [5, 5.41) is 2.20. The van der Waals surface area contributed by atoms with Gasteiger partial charge >= 0.3 is 0 Å². The highest BCUT2D eigenvalue weighted by Gasteiger charge is 2.21. The number of fused-ring (bicyclic) bond motifs is 5. The highest BCUT2D eigenvalue weighted by molar-refractivity contribution is 6.04. The topological polar surface area (TPSA) is 18.5 Å². The number of benzene rings is 3. The first-order chi connectivity index (χ1) is 11.3. The van der Waals surface area contributed by atoms with E-state index in [1.165, 1.54) is 11.1 Å². The van der Waals surface area contributed by atoms with Gasteiger partial charge in [-0.05, 0) is 35.7 Å². The van der Waals surface area contributed by atoms with Crippen LogP contribution in [0.25, 0.3) is 28.0 Å². The predicted octanol–water partition coefficient (Wildman–Crippen LogP) is 5.44. The Kier molecular flexibility index (Phi) is 3.30. The molecule has 0 radical (unpaired) electrons. The van der Waals surface area contributed by atoms with Gasteiger partial charge < -0.3 is 9.47 Å². The molecule has 23 heavy (non-hydrogen) atoms. The second-order valence-corrected chi connectivity index (χ2v) is 5.67. The van der Waals surface area contributed by atoms with Crippen LogP contribution in [-0.4, -0.2) is 7.11 Å². The second-order valence-electron chi connectivity index (χ2n) is 5.67. The van der Waals surface area contributed by atoms with Gasteiger partial charge in [-0.15, -0.1) is 0 Å². The van der Waals surface area contributed by atoms with Gasteiger partial charge in [0.15, 0.2) is 0 Å². The Hall–Kier alpha value is -2.74. The molecule has 2 nitrogen and oxygen atoms in total. The molecule has 3 aromatic rings. The summed E-state index contributed by atoms with van der Waals surface area (Å²) in [4.78, 5) is 0. The molecule has 0 unspecified atom stereocenters. The van der Waals surface area contributed by atoms with Crippen LogP contribution in [0, 0.1) is 0 Å². The lowest BCUT2D eigenvalue weighted by molar-refractivity contribution is 0.306. The Bertz CT molecular complexity index is 923. The van der Waals surface area contributed by atoms with Crippen molar-refractivity contribution in [2.24, 2.45) is 0 Å². The molecule has 0 saturated heterocycles. The van der Waals surface area contributed by atoms with Gasteiger partial charge in [0.05, 0.1) is 7.11 Å². The van der Waals surface area contributed by atoms with Crippen LogP contribution in [0.1, 0.15) is 18.1 Å². The van der Waals surface area contributed by atoms with Gasteiger partial charge in [0.2, 0.25) is 0 Å². The Balaban J connectivity index is 2.13. The van der Waals surface area contributed by atoms with Crippen LogP contribution < -0.4 is 9.47 Å². The summed E-state index contributed by atoms with van der Waals surface area (Å²) in [7, 11) is 1.71. The summed E-state index contributed by atoms with van der Waals surface area (Å²) in [5.74, 6) is 1.83. The fourth-order valence-corrected chi connectivity index (χ4v) is 3.35. The van der Waals surface area contributed by atoms with Crippen LogP contribution in [0.15, 0.2) is 54.6 Å². The molecule has 0 aromatic heterocycles. The van der Waals surface area contributed by atoms with Crippen molar-refractivity contribution in [1.82, 2.24) is 0 Å². The summed E-state index contributed by atoms with van der Waals surface area (Å²) in [6.45, 7) is 2.64. The molecule has 0 bridgehead atoms. The van der Waals surface area contributed by atoms with E-state index in [1.807, 2.05) is 19.1 Å². The average molecular weight is 302 g/mol. The van der Waals surface area contributed by atoms with E-state index >= 15 is 0 Å². The van der Waals surface area contributed by atoms with E-state index in [1.54, 1.807) is 7.11 Å². The molecule has 0 saturated carbocycles. The molecular weight excluding hydrogens is 284 g/mol. The zero-order valence-electron chi connectivity index (χ0n) is 13.3. The highest BCUT2D eigenvalue weighted by Crippen LogP contribution is 2.46. The van der Waals surface area contributed by atoms with Gasteiger partial charge in [-0.1, -0.05) is 48.6 Å². The minimum atomic E-state index is 0.610.